The van der Waals surface area contributed by atoms with Gasteiger partial charge in [-0.15, -0.1) is 0 Å². The van der Waals surface area contributed by atoms with Crippen molar-refractivity contribution in [3.63, 3.8) is 0 Å². The number of rotatable bonds is 6. The molecule has 8 nitrogen and oxygen atoms in total. The topological polar surface area (TPSA) is 107 Å². The number of aryl methyl sites for hydroxylation is 1. The van der Waals surface area contributed by atoms with Crippen molar-refractivity contribution in [2.24, 2.45) is 0 Å². The highest BCUT2D eigenvalue weighted by Crippen LogP contribution is 2.51. The van der Waals surface area contributed by atoms with Crippen molar-refractivity contribution in [1.82, 2.24) is 4.31 Å². The summed E-state index contributed by atoms with van der Waals surface area (Å²) >= 11 is 6.14. The van der Waals surface area contributed by atoms with Gasteiger partial charge in [-0.3, -0.25) is 19.2 Å². The fraction of sp³-hybridized carbons (Fsp3) is 0.276. The number of benzene rings is 3. The van der Waals surface area contributed by atoms with E-state index in [0.717, 1.165) is 9.87 Å². The molecule has 202 valence electrons. The van der Waals surface area contributed by atoms with Gasteiger partial charge < -0.3 is 4.74 Å². The summed E-state index contributed by atoms with van der Waals surface area (Å²) in [6.07, 6.45) is 0.941. The molecule has 1 aliphatic carbocycles. The molecule has 1 aliphatic heterocycles. The molecule has 0 amide bonds. The van der Waals surface area contributed by atoms with Gasteiger partial charge in [-0.25, -0.2) is 8.42 Å². The number of hydrogen-bond donors (Lipinski definition) is 0. The Bertz CT molecular complexity index is 1550. The molecule has 2 aliphatic rings. The van der Waals surface area contributed by atoms with E-state index in [9.17, 15) is 23.3 Å². The van der Waals surface area contributed by atoms with Crippen LogP contribution in [0.25, 0.3) is 0 Å². The molecule has 0 saturated heterocycles. The van der Waals surface area contributed by atoms with Gasteiger partial charge in [-0.1, -0.05) is 53.6 Å². The molecule has 5 rings (SSSR count). The molecule has 10 heteroatoms. The summed E-state index contributed by atoms with van der Waals surface area (Å²) < 4.78 is 35.0. The summed E-state index contributed by atoms with van der Waals surface area (Å²) in [4.78, 5) is 26.0. The molecule has 1 heterocycles. The van der Waals surface area contributed by atoms with Gasteiger partial charge in [0.05, 0.1) is 17.9 Å². The first-order valence-corrected chi connectivity index (χ1v) is 14.4. The van der Waals surface area contributed by atoms with Crippen LogP contribution < -0.4 is 4.74 Å². The van der Waals surface area contributed by atoms with Gasteiger partial charge in [0.15, 0.2) is 5.78 Å². The lowest BCUT2D eigenvalue weighted by molar-refractivity contribution is -0.534. The Balaban J connectivity index is 1.83. The summed E-state index contributed by atoms with van der Waals surface area (Å²) in [6.45, 7) is 1.84. The first-order valence-electron chi connectivity index (χ1n) is 12.5. The lowest BCUT2D eigenvalue weighted by Crippen LogP contribution is -2.52. The van der Waals surface area contributed by atoms with Crippen LogP contribution >= 0.6 is 11.6 Å². The van der Waals surface area contributed by atoms with E-state index in [1.807, 2.05) is 6.92 Å². The zero-order valence-electron chi connectivity index (χ0n) is 21.4. The van der Waals surface area contributed by atoms with E-state index in [4.69, 9.17) is 16.3 Å². The van der Waals surface area contributed by atoms with Crippen LogP contribution in [-0.2, 0) is 14.8 Å². The van der Waals surface area contributed by atoms with Crippen LogP contribution in [0.15, 0.2) is 89.0 Å². The molecule has 0 spiro atoms. The highest BCUT2D eigenvalue weighted by atomic mass is 35.5. The van der Waals surface area contributed by atoms with Crippen molar-refractivity contribution in [2.45, 2.75) is 49.1 Å². The van der Waals surface area contributed by atoms with Gasteiger partial charge in [0.25, 0.3) is 10.0 Å². The first kappa shape index (κ1) is 26.9. The number of Topliss-reactive ketones (excluding diaryl/α,β-unsaturated/α-hetero) is 1. The van der Waals surface area contributed by atoms with Crippen LogP contribution in [0.5, 0.6) is 5.75 Å². The van der Waals surface area contributed by atoms with E-state index in [-0.39, 0.29) is 22.7 Å². The summed E-state index contributed by atoms with van der Waals surface area (Å²) in [5.41, 5.74) is 2.34. The number of carbonyl (C=O) groups is 1. The number of nitro groups is 1. The summed E-state index contributed by atoms with van der Waals surface area (Å²) in [5.74, 6) is -0.671. The zero-order chi connectivity index (χ0) is 27.9. The highest BCUT2D eigenvalue weighted by molar-refractivity contribution is 7.89. The molecular weight excluding hydrogens is 540 g/mol. The monoisotopic (exact) mass is 566 g/mol. The molecule has 0 fully saturated rings. The summed E-state index contributed by atoms with van der Waals surface area (Å²) in [7, 11) is -2.78. The van der Waals surface area contributed by atoms with E-state index in [2.05, 4.69) is 0 Å². The number of ketones is 1. The fourth-order valence-corrected chi connectivity index (χ4v) is 7.47. The Hall–Kier alpha value is -3.69. The van der Waals surface area contributed by atoms with Gasteiger partial charge in [0.2, 0.25) is 6.04 Å². The molecule has 3 atom stereocenters. The van der Waals surface area contributed by atoms with E-state index >= 15 is 0 Å². The number of ether oxygens (including phenoxy) is 1. The second-order valence-electron chi connectivity index (χ2n) is 9.77. The number of nitrogens with zero attached hydrogens (tertiary/aromatic N) is 2. The highest BCUT2D eigenvalue weighted by Gasteiger charge is 2.56. The van der Waals surface area contributed by atoms with Crippen LogP contribution in [0.4, 0.5) is 0 Å². The maximum Gasteiger partial charge on any atom is 0.264 e. The Morgan fingerprint density at radius 2 is 1.56 bits per heavy atom. The molecule has 3 aromatic carbocycles. The van der Waals surface area contributed by atoms with E-state index in [0.29, 0.717) is 40.4 Å². The van der Waals surface area contributed by atoms with Gasteiger partial charge in [0.1, 0.15) is 11.8 Å². The van der Waals surface area contributed by atoms with E-state index in [1.54, 1.807) is 60.7 Å². The van der Waals surface area contributed by atoms with Crippen molar-refractivity contribution in [1.29, 1.82) is 0 Å². The lowest BCUT2D eigenvalue weighted by Gasteiger charge is -2.45. The smallest absolute Gasteiger partial charge is 0.264 e. The van der Waals surface area contributed by atoms with Gasteiger partial charge in [0, 0.05) is 27.6 Å². The standard InChI is InChI=1S/C29H27ClN2O6S/c1-18-6-16-23(17-7-18)39(36,37)31-24-4-3-5-25(33)27(24)26(19-10-14-22(38-2)15-11-19)29(32(34)35)28(31)20-8-12-21(30)13-9-20/h6-17,26,28-29H,3-5H2,1-2H3/t26-,28-,29+/m1/s1. The van der Waals surface area contributed by atoms with Gasteiger partial charge in [-0.05, 0) is 67.3 Å². The number of carbonyl (C=O) groups excluding carboxylic acids is 1. The van der Waals surface area contributed by atoms with Gasteiger partial charge in [-0.2, -0.15) is 0 Å². The maximum absolute atomic E-state index is 14.3. The SMILES string of the molecule is COc1ccc([C@@H]2C3=C(CCCC3=O)N(S(=O)(=O)c3ccc(C)cc3)[C@H](c3ccc(Cl)cc3)[C@H]2[N+](=O)[O-])cc1. The Morgan fingerprint density at radius 3 is 2.15 bits per heavy atom. The Kier molecular flexibility index (Phi) is 7.22. The molecule has 0 unspecified atom stereocenters. The minimum Gasteiger partial charge on any atom is -0.497 e. The molecular formula is C29H27ClN2O6S. The Morgan fingerprint density at radius 1 is 0.949 bits per heavy atom. The van der Waals surface area contributed by atoms with Crippen molar-refractivity contribution in [3.8, 4) is 5.75 Å². The van der Waals surface area contributed by atoms with Crippen LogP contribution in [0.2, 0.25) is 5.02 Å². The first-order chi connectivity index (χ1) is 18.6. The number of halogens is 1. The predicted molar refractivity (Wildman–Crippen MR) is 147 cm³/mol. The molecule has 0 saturated carbocycles. The van der Waals surface area contributed by atoms with Crippen LogP contribution in [0.3, 0.4) is 0 Å². The quantitative estimate of drug-likeness (QED) is 0.274. The normalized spacial score (nSPS) is 21.5. The number of sulfonamides is 1. The third kappa shape index (κ3) is 4.81. The fourth-order valence-electron chi connectivity index (χ4n) is 5.61. The maximum atomic E-state index is 14.3. The number of methoxy groups -OCH3 is 1. The lowest BCUT2D eigenvalue weighted by atomic mass is 9.72. The second-order valence-corrected chi connectivity index (χ2v) is 12.0. The molecule has 0 aromatic heterocycles. The average Bonchev–Trinajstić information content (AvgIpc) is 2.92. The summed E-state index contributed by atoms with van der Waals surface area (Å²) in [6, 6.07) is 16.8. The van der Waals surface area contributed by atoms with Crippen molar-refractivity contribution in [3.05, 3.63) is 116 Å². The van der Waals surface area contributed by atoms with Crippen LogP contribution in [-0.4, -0.2) is 36.6 Å². The number of allylic oxidation sites excluding steroid dienone is 1. The molecule has 0 radical (unpaired) electrons. The summed E-state index contributed by atoms with van der Waals surface area (Å²) in [5, 5.41) is 13.4. The zero-order valence-corrected chi connectivity index (χ0v) is 23.0. The molecule has 39 heavy (non-hydrogen) atoms. The van der Waals surface area contributed by atoms with Crippen molar-refractivity contribution in [2.75, 3.05) is 7.11 Å². The van der Waals surface area contributed by atoms with E-state index in [1.165, 1.54) is 19.2 Å². The van der Waals surface area contributed by atoms with Crippen LogP contribution in [0.1, 0.15) is 47.9 Å². The third-order valence-electron chi connectivity index (χ3n) is 7.43. The third-order valence-corrected chi connectivity index (χ3v) is 9.52. The van der Waals surface area contributed by atoms with Crippen LogP contribution in [0, 0.1) is 17.0 Å². The average molecular weight is 567 g/mol. The molecule has 0 bridgehead atoms. The van der Waals surface area contributed by atoms with Gasteiger partial charge >= 0.3 is 0 Å². The van der Waals surface area contributed by atoms with E-state index < -0.39 is 32.9 Å². The number of hydrogen-bond acceptors (Lipinski definition) is 6. The second kappa shape index (κ2) is 10.5. The minimum atomic E-state index is -4.30. The van der Waals surface area contributed by atoms with Crippen molar-refractivity contribution >= 4 is 27.4 Å². The van der Waals surface area contributed by atoms with Crippen molar-refractivity contribution < 1.29 is 22.9 Å². The molecule has 3 aromatic rings. The Labute approximate surface area is 232 Å². The molecule has 0 N–H and O–H groups in total. The largest absolute Gasteiger partial charge is 0.497 e. The predicted octanol–water partition coefficient (Wildman–Crippen LogP) is 5.84. The minimum absolute atomic E-state index is 0.00179.